The second-order valence-corrected chi connectivity index (χ2v) is 5.00. The molecule has 0 spiro atoms. The molecular formula is C15H15ClFN3O. The molecule has 0 amide bonds. The molecule has 3 N–H and O–H groups in total. The summed E-state index contributed by atoms with van der Waals surface area (Å²) in [4.78, 5) is 1.86. The predicted octanol–water partition coefficient (Wildman–Crippen LogP) is 3.21. The standard InChI is InChI=1S/C15H15ClFN3O/c1-20(9-10-4-2-3-5-13(10)16)14-7-6-11(17)8-12(14)15(18)19-21/h2-8,21H,9H2,1H3,(H2,18,19). The molecule has 0 atom stereocenters. The number of hydrogen-bond acceptors (Lipinski definition) is 3. The van der Waals surface area contributed by atoms with E-state index >= 15 is 0 Å². The van der Waals surface area contributed by atoms with Gasteiger partial charge in [-0.1, -0.05) is 35.0 Å². The number of amidine groups is 1. The SMILES string of the molecule is CN(Cc1ccccc1Cl)c1ccc(F)cc1C(N)=NO. The normalized spacial score (nSPS) is 11.5. The number of anilines is 1. The van der Waals surface area contributed by atoms with Crippen molar-refractivity contribution >= 4 is 23.1 Å². The quantitative estimate of drug-likeness (QED) is 0.394. The van der Waals surface area contributed by atoms with Gasteiger partial charge in [-0.05, 0) is 29.8 Å². The number of oxime groups is 1. The number of nitrogens with zero attached hydrogens (tertiary/aromatic N) is 2. The minimum absolute atomic E-state index is 0.143. The van der Waals surface area contributed by atoms with Gasteiger partial charge in [-0.2, -0.15) is 0 Å². The van der Waals surface area contributed by atoms with E-state index in [2.05, 4.69) is 5.16 Å². The summed E-state index contributed by atoms with van der Waals surface area (Å²) in [6.07, 6.45) is 0. The van der Waals surface area contributed by atoms with Crippen LogP contribution in [-0.2, 0) is 6.54 Å². The van der Waals surface area contributed by atoms with Crippen molar-refractivity contribution in [2.45, 2.75) is 6.54 Å². The molecule has 2 aromatic rings. The van der Waals surface area contributed by atoms with Gasteiger partial charge in [-0.15, -0.1) is 0 Å². The first-order chi connectivity index (χ1) is 10.0. The third-order valence-corrected chi connectivity index (χ3v) is 3.49. The minimum Gasteiger partial charge on any atom is -0.409 e. The molecule has 2 rings (SSSR count). The number of rotatable bonds is 4. The smallest absolute Gasteiger partial charge is 0.172 e. The molecule has 0 aliphatic carbocycles. The molecular weight excluding hydrogens is 293 g/mol. The fourth-order valence-corrected chi connectivity index (χ4v) is 2.26. The molecule has 21 heavy (non-hydrogen) atoms. The Balaban J connectivity index is 2.35. The topological polar surface area (TPSA) is 61.8 Å². The van der Waals surface area contributed by atoms with Crippen molar-refractivity contribution in [1.82, 2.24) is 0 Å². The number of hydrogen-bond donors (Lipinski definition) is 2. The molecule has 0 saturated carbocycles. The van der Waals surface area contributed by atoms with Crippen LogP contribution in [0, 0.1) is 5.82 Å². The molecule has 0 radical (unpaired) electrons. The van der Waals surface area contributed by atoms with Crippen LogP contribution in [-0.4, -0.2) is 18.1 Å². The largest absolute Gasteiger partial charge is 0.409 e. The van der Waals surface area contributed by atoms with Crippen molar-refractivity contribution in [2.24, 2.45) is 10.9 Å². The average Bonchev–Trinajstić information content (AvgIpc) is 2.48. The predicted molar refractivity (Wildman–Crippen MR) is 82.5 cm³/mol. The highest BCUT2D eigenvalue weighted by molar-refractivity contribution is 6.31. The Morgan fingerprint density at radius 2 is 2.05 bits per heavy atom. The maximum absolute atomic E-state index is 13.4. The molecule has 0 aromatic heterocycles. The molecule has 0 fully saturated rings. The van der Waals surface area contributed by atoms with Crippen molar-refractivity contribution in [2.75, 3.05) is 11.9 Å². The van der Waals surface area contributed by atoms with E-state index in [1.54, 1.807) is 12.1 Å². The van der Waals surface area contributed by atoms with E-state index in [1.165, 1.54) is 12.1 Å². The zero-order valence-electron chi connectivity index (χ0n) is 11.4. The Bertz CT molecular complexity index is 676. The molecule has 2 aromatic carbocycles. The average molecular weight is 308 g/mol. The van der Waals surface area contributed by atoms with Crippen molar-refractivity contribution < 1.29 is 9.60 Å². The summed E-state index contributed by atoms with van der Waals surface area (Å²) in [5.41, 5.74) is 7.50. The Morgan fingerprint density at radius 1 is 1.33 bits per heavy atom. The fraction of sp³-hybridized carbons (Fsp3) is 0.133. The molecule has 0 heterocycles. The molecule has 0 bridgehead atoms. The summed E-state index contributed by atoms with van der Waals surface area (Å²) in [5.74, 6) is -0.595. The van der Waals surface area contributed by atoms with Crippen LogP contribution in [0.3, 0.4) is 0 Å². The fourth-order valence-electron chi connectivity index (χ4n) is 2.07. The highest BCUT2D eigenvalue weighted by atomic mass is 35.5. The lowest BCUT2D eigenvalue weighted by atomic mass is 10.1. The Kier molecular flexibility index (Phi) is 4.65. The Morgan fingerprint density at radius 3 is 2.71 bits per heavy atom. The van der Waals surface area contributed by atoms with Gasteiger partial charge in [-0.25, -0.2) is 4.39 Å². The third kappa shape index (κ3) is 3.44. The lowest BCUT2D eigenvalue weighted by Gasteiger charge is -2.22. The Hall–Kier alpha value is -2.27. The number of halogens is 2. The minimum atomic E-state index is -0.452. The number of nitrogens with two attached hydrogens (primary N) is 1. The van der Waals surface area contributed by atoms with Gasteiger partial charge in [0, 0.05) is 29.9 Å². The van der Waals surface area contributed by atoms with Gasteiger partial charge in [0.15, 0.2) is 5.84 Å². The van der Waals surface area contributed by atoms with Gasteiger partial charge in [0.1, 0.15) is 5.82 Å². The molecule has 0 saturated heterocycles. The van der Waals surface area contributed by atoms with Gasteiger partial charge in [-0.3, -0.25) is 0 Å². The summed E-state index contributed by atoms with van der Waals surface area (Å²) in [7, 11) is 1.82. The van der Waals surface area contributed by atoms with Crippen LogP contribution in [0.25, 0.3) is 0 Å². The van der Waals surface area contributed by atoms with Gasteiger partial charge in [0.25, 0.3) is 0 Å². The summed E-state index contributed by atoms with van der Waals surface area (Å²) in [5, 5.41) is 12.4. The lowest BCUT2D eigenvalue weighted by molar-refractivity contribution is 0.318. The summed E-state index contributed by atoms with van der Waals surface area (Å²) < 4.78 is 13.4. The summed E-state index contributed by atoms with van der Waals surface area (Å²) in [6.45, 7) is 0.511. The number of benzene rings is 2. The van der Waals surface area contributed by atoms with E-state index in [-0.39, 0.29) is 5.84 Å². The second-order valence-electron chi connectivity index (χ2n) is 4.59. The van der Waals surface area contributed by atoms with Gasteiger partial charge >= 0.3 is 0 Å². The first kappa shape index (κ1) is 15.1. The zero-order valence-corrected chi connectivity index (χ0v) is 12.2. The van der Waals surface area contributed by atoms with Crippen molar-refractivity contribution in [3.8, 4) is 0 Å². The first-order valence-electron chi connectivity index (χ1n) is 6.25. The van der Waals surface area contributed by atoms with Crippen LogP contribution in [0.2, 0.25) is 5.02 Å². The van der Waals surface area contributed by atoms with Crippen molar-refractivity contribution in [1.29, 1.82) is 0 Å². The van der Waals surface area contributed by atoms with Crippen LogP contribution in [0.5, 0.6) is 0 Å². The van der Waals surface area contributed by atoms with Gasteiger partial charge in [0.05, 0.1) is 0 Å². The highest BCUT2D eigenvalue weighted by Gasteiger charge is 2.13. The van der Waals surface area contributed by atoms with Gasteiger partial charge < -0.3 is 15.8 Å². The monoisotopic (exact) mass is 307 g/mol. The molecule has 0 unspecified atom stereocenters. The lowest BCUT2D eigenvalue weighted by Crippen LogP contribution is -2.23. The van der Waals surface area contributed by atoms with Crippen LogP contribution in [0.4, 0.5) is 10.1 Å². The van der Waals surface area contributed by atoms with Crippen LogP contribution in [0.1, 0.15) is 11.1 Å². The maximum Gasteiger partial charge on any atom is 0.172 e. The van der Waals surface area contributed by atoms with Gasteiger partial charge in [0.2, 0.25) is 0 Å². The first-order valence-corrected chi connectivity index (χ1v) is 6.62. The van der Waals surface area contributed by atoms with E-state index < -0.39 is 5.82 Å². The highest BCUT2D eigenvalue weighted by Crippen LogP contribution is 2.24. The van der Waals surface area contributed by atoms with E-state index in [0.29, 0.717) is 22.8 Å². The zero-order chi connectivity index (χ0) is 15.4. The van der Waals surface area contributed by atoms with E-state index in [4.69, 9.17) is 22.5 Å². The Labute approximate surface area is 127 Å². The maximum atomic E-state index is 13.4. The molecule has 4 nitrogen and oxygen atoms in total. The van der Waals surface area contributed by atoms with E-state index in [9.17, 15) is 4.39 Å². The van der Waals surface area contributed by atoms with Crippen LogP contribution >= 0.6 is 11.6 Å². The molecule has 0 aliphatic heterocycles. The molecule has 6 heteroatoms. The molecule has 0 aliphatic rings. The van der Waals surface area contributed by atoms with Crippen LogP contribution in [0.15, 0.2) is 47.6 Å². The van der Waals surface area contributed by atoms with E-state index in [0.717, 1.165) is 5.56 Å². The van der Waals surface area contributed by atoms with Crippen LogP contribution < -0.4 is 10.6 Å². The summed E-state index contributed by atoms with van der Waals surface area (Å²) >= 11 is 6.14. The molecule has 110 valence electrons. The van der Waals surface area contributed by atoms with E-state index in [1.807, 2.05) is 30.1 Å². The van der Waals surface area contributed by atoms with Crippen molar-refractivity contribution in [3.63, 3.8) is 0 Å². The second kappa shape index (κ2) is 6.45. The summed E-state index contributed by atoms with van der Waals surface area (Å²) in [6, 6.07) is 11.6. The van der Waals surface area contributed by atoms with Crippen molar-refractivity contribution in [3.05, 3.63) is 64.4 Å². The third-order valence-electron chi connectivity index (χ3n) is 3.12.